The lowest BCUT2D eigenvalue weighted by molar-refractivity contribution is -0.115. The molecule has 0 aliphatic carbocycles. The van der Waals surface area contributed by atoms with Gasteiger partial charge in [0.15, 0.2) is 0 Å². The predicted molar refractivity (Wildman–Crippen MR) is 87.6 cm³/mol. The van der Waals surface area contributed by atoms with Crippen molar-refractivity contribution < 1.29 is 4.79 Å². The van der Waals surface area contributed by atoms with E-state index in [1.54, 1.807) is 12.1 Å². The van der Waals surface area contributed by atoms with Gasteiger partial charge in [-0.3, -0.25) is 4.79 Å². The van der Waals surface area contributed by atoms with Crippen molar-refractivity contribution in [2.24, 2.45) is 0 Å². The van der Waals surface area contributed by atoms with Gasteiger partial charge >= 0.3 is 0 Å². The largest absolute Gasteiger partial charge is 0.325 e. The van der Waals surface area contributed by atoms with Gasteiger partial charge in [-0.25, -0.2) is 0 Å². The van der Waals surface area contributed by atoms with Crippen LogP contribution in [-0.2, 0) is 4.79 Å². The minimum Gasteiger partial charge on any atom is -0.325 e. The standard InChI is InChI=1S/C17H19ClN2O/c1-2-16(13-7-4-3-5-8-13)19-12-17(21)20-15-10-6-9-14(18)11-15/h3-11,16,19H,2,12H2,1H3,(H,20,21). The van der Waals surface area contributed by atoms with Crippen molar-refractivity contribution in [2.75, 3.05) is 11.9 Å². The molecule has 3 nitrogen and oxygen atoms in total. The number of rotatable bonds is 6. The summed E-state index contributed by atoms with van der Waals surface area (Å²) in [5, 5.41) is 6.71. The van der Waals surface area contributed by atoms with Crippen LogP contribution in [0.4, 0.5) is 5.69 Å². The molecule has 0 spiro atoms. The highest BCUT2D eigenvalue weighted by atomic mass is 35.5. The fraction of sp³-hybridized carbons (Fsp3) is 0.235. The molecule has 0 saturated carbocycles. The molecule has 4 heteroatoms. The van der Waals surface area contributed by atoms with Crippen LogP contribution in [0.1, 0.15) is 24.9 Å². The maximum Gasteiger partial charge on any atom is 0.238 e. The lowest BCUT2D eigenvalue weighted by atomic mass is 10.0. The van der Waals surface area contributed by atoms with Gasteiger partial charge in [0.05, 0.1) is 6.54 Å². The van der Waals surface area contributed by atoms with Crippen molar-refractivity contribution >= 4 is 23.2 Å². The number of halogens is 1. The predicted octanol–water partition coefficient (Wildman–Crippen LogP) is 4.02. The van der Waals surface area contributed by atoms with Gasteiger partial charge in [0.25, 0.3) is 0 Å². The topological polar surface area (TPSA) is 41.1 Å². The van der Waals surface area contributed by atoms with Crippen LogP contribution in [0.5, 0.6) is 0 Å². The second kappa shape index (κ2) is 7.81. The van der Waals surface area contributed by atoms with Gasteiger partial charge in [-0.2, -0.15) is 0 Å². The molecule has 0 aliphatic rings. The van der Waals surface area contributed by atoms with Crippen molar-refractivity contribution in [1.82, 2.24) is 5.32 Å². The molecule has 0 bridgehead atoms. The molecule has 2 aromatic carbocycles. The summed E-state index contributed by atoms with van der Waals surface area (Å²) in [7, 11) is 0. The number of hydrogen-bond donors (Lipinski definition) is 2. The zero-order chi connectivity index (χ0) is 15.1. The van der Waals surface area contributed by atoms with E-state index in [1.165, 1.54) is 5.56 Å². The van der Waals surface area contributed by atoms with E-state index in [2.05, 4.69) is 29.7 Å². The summed E-state index contributed by atoms with van der Waals surface area (Å²) in [5.74, 6) is -0.0772. The zero-order valence-corrected chi connectivity index (χ0v) is 12.7. The summed E-state index contributed by atoms with van der Waals surface area (Å²) in [4.78, 5) is 12.0. The van der Waals surface area contributed by atoms with Gasteiger partial charge < -0.3 is 10.6 Å². The molecule has 2 aromatic rings. The molecular formula is C17H19ClN2O. The Morgan fingerprint density at radius 2 is 1.90 bits per heavy atom. The van der Waals surface area contributed by atoms with Crippen LogP contribution in [0.15, 0.2) is 54.6 Å². The maximum absolute atomic E-state index is 12.0. The zero-order valence-electron chi connectivity index (χ0n) is 12.0. The monoisotopic (exact) mass is 302 g/mol. The Kier molecular flexibility index (Phi) is 5.78. The van der Waals surface area contributed by atoms with Crippen LogP contribution < -0.4 is 10.6 Å². The van der Waals surface area contributed by atoms with E-state index >= 15 is 0 Å². The highest BCUT2D eigenvalue weighted by molar-refractivity contribution is 6.30. The van der Waals surface area contributed by atoms with E-state index < -0.39 is 0 Å². The maximum atomic E-state index is 12.0. The van der Waals surface area contributed by atoms with Crippen LogP contribution in [0.3, 0.4) is 0 Å². The second-order valence-corrected chi connectivity index (χ2v) is 5.25. The van der Waals surface area contributed by atoms with Crippen molar-refractivity contribution in [3.63, 3.8) is 0 Å². The van der Waals surface area contributed by atoms with Gasteiger partial charge in [0.1, 0.15) is 0 Å². The Balaban J connectivity index is 1.88. The first-order chi connectivity index (χ1) is 10.2. The molecule has 2 rings (SSSR count). The lowest BCUT2D eigenvalue weighted by Crippen LogP contribution is -2.31. The summed E-state index contributed by atoms with van der Waals surface area (Å²) >= 11 is 5.89. The van der Waals surface area contributed by atoms with Crippen molar-refractivity contribution in [2.45, 2.75) is 19.4 Å². The number of anilines is 1. The third kappa shape index (κ3) is 4.88. The average molecular weight is 303 g/mol. The van der Waals surface area contributed by atoms with Crippen LogP contribution in [0, 0.1) is 0 Å². The molecule has 1 atom stereocenters. The highest BCUT2D eigenvalue weighted by Gasteiger charge is 2.10. The SMILES string of the molecule is CCC(NCC(=O)Nc1cccc(Cl)c1)c1ccccc1. The molecule has 110 valence electrons. The molecule has 1 amide bonds. The molecule has 21 heavy (non-hydrogen) atoms. The Hall–Kier alpha value is -1.84. The van der Waals surface area contributed by atoms with Crippen LogP contribution >= 0.6 is 11.6 Å². The highest BCUT2D eigenvalue weighted by Crippen LogP contribution is 2.16. The van der Waals surface area contributed by atoms with Crippen molar-refractivity contribution in [3.05, 3.63) is 65.2 Å². The second-order valence-electron chi connectivity index (χ2n) is 4.81. The Bertz CT molecular complexity index is 586. The molecule has 0 heterocycles. The number of carbonyl (C=O) groups is 1. The number of hydrogen-bond acceptors (Lipinski definition) is 2. The fourth-order valence-corrected chi connectivity index (χ4v) is 2.36. The van der Waals surface area contributed by atoms with E-state index in [0.29, 0.717) is 10.7 Å². The Morgan fingerprint density at radius 1 is 1.14 bits per heavy atom. The molecule has 0 aromatic heterocycles. The quantitative estimate of drug-likeness (QED) is 0.846. The van der Waals surface area contributed by atoms with Gasteiger partial charge in [-0.1, -0.05) is 54.9 Å². The summed E-state index contributed by atoms with van der Waals surface area (Å²) in [6.45, 7) is 2.36. The molecule has 0 radical (unpaired) electrons. The summed E-state index contributed by atoms with van der Waals surface area (Å²) < 4.78 is 0. The third-order valence-corrected chi connectivity index (χ3v) is 3.46. The number of carbonyl (C=O) groups excluding carboxylic acids is 1. The molecule has 2 N–H and O–H groups in total. The first-order valence-electron chi connectivity index (χ1n) is 7.02. The van der Waals surface area contributed by atoms with Crippen LogP contribution in [-0.4, -0.2) is 12.5 Å². The molecule has 0 aliphatic heterocycles. The first-order valence-corrected chi connectivity index (χ1v) is 7.40. The average Bonchev–Trinajstić information content (AvgIpc) is 2.49. The molecule has 0 fully saturated rings. The minimum atomic E-state index is -0.0772. The molecular weight excluding hydrogens is 284 g/mol. The van der Waals surface area contributed by atoms with Gasteiger partial charge in [-0.15, -0.1) is 0 Å². The first kappa shape index (κ1) is 15.5. The summed E-state index contributed by atoms with van der Waals surface area (Å²) in [6.07, 6.45) is 0.925. The summed E-state index contributed by atoms with van der Waals surface area (Å²) in [5.41, 5.74) is 1.90. The van der Waals surface area contributed by atoms with Gasteiger partial charge in [-0.05, 0) is 30.2 Å². The van der Waals surface area contributed by atoms with E-state index in [-0.39, 0.29) is 18.5 Å². The minimum absolute atomic E-state index is 0.0772. The molecule has 1 unspecified atom stereocenters. The number of nitrogens with one attached hydrogen (secondary N) is 2. The number of benzene rings is 2. The van der Waals surface area contributed by atoms with Crippen LogP contribution in [0.2, 0.25) is 5.02 Å². The van der Waals surface area contributed by atoms with E-state index in [9.17, 15) is 4.79 Å². The smallest absolute Gasteiger partial charge is 0.238 e. The Labute approximate surface area is 130 Å². The molecule has 0 saturated heterocycles. The third-order valence-electron chi connectivity index (χ3n) is 3.23. The van der Waals surface area contributed by atoms with E-state index in [4.69, 9.17) is 11.6 Å². The van der Waals surface area contributed by atoms with Crippen molar-refractivity contribution in [1.29, 1.82) is 0 Å². The van der Waals surface area contributed by atoms with Gasteiger partial charge in [0.2, 0.25) is 5.91 Å². The number of amides is 1. The van der Waals surface area contributed by atoms with E-state index in [1.807, 2.05) is 30.3 Å². The normalized spacial score (nSPS) is 11.9. The fourth-order valence-electron chi connectivity index (χ4n) is 2.17. The Morgan fingerprint density at radius 3 is 2.57 bits per heavy atom. The summed E-state index contributed by atoms with van der Waals surface area (Å²) in [6, 6.07) is 17.4. The van der Waals surface area contributed by atoms with Crippen LogP contribution in [0.25, 0.3) is 0 Å². The lowest BCUT2D eigenvalue weighted by Gasteiger charge is -2.17. The van der Waals surface area contributed by atoms with Crippen molar-refractivity contribution in [3.8, 4) is 0 Å². The van der Waals surface area contributed by atoms with E-state index in [0.717, 1.165) is 6.42 Å². The van der Waals surface area contributed by atoms with Gasteiger partial charge in [0, 0.05) is 16.8 Å².